The summed E-state index contributed by atoms with van der Waals surface area (Å²) in [5, 5.41) is 0. The van der Waals surface area contributed by atoms with Gasteiger partial charge in [0.15, 0.2) is 0 Å². The molecule has 0 spiro atoms. The predicted molar refractivity (Wildman–Crippen MR) is 87.5 cm³/mol. The van der Waals surface area contributed by atoms with E-state index < -0.39 is 0 Å². The van der Waals surface area contributed by atoms with Crippen molar-refractivity contribution in [2.24, 2.45) is 5.92 Å². The maximum absolute atomic E-state index is 12.3. The molecule has 1 heterocycles. The smallest absolute Gasteiger partial charge is 0.228 e. The van der Waals surface area contributed by atoms with Crippen molar-refractivity contribution in [3.63, 3.8) is 0 Å². The molecule has 0 aliphatic carbocycles. The third kappa shape index (κ3) is 3.97. The van der Waals surface area contributed by atoms with E-state index in [-0.39, 0.29) is 12.3 Å². The second-order valence-corrected chi connectivity index (χ2v) is 5.85. The maximum atomic E-state index is 12.3. The molecule has 4 nitrogen and oxygen atoms in total. The minimum absolute atomic E-state index is 0.0799. The van der Waals surface area contributed by atoms with Crippen LogP contribution in [0.1, 0.15) is 31.7 Å². The van der Waals surface area contributed by atoms with Gasteiger partial charge in [-0.25, -0.2) is 4.98 Å². The summed E-state index contributed by atoms with van der Waals surface area (Å²) < 4.78 is 5.70. The molecule has 1 aromatic carbocycles. The number of aryl methyl sites for hydroxylation is 1. The van der Waals surface area contributed by atoms with Crippen molar-refractivity contribution in [2.45, 2.75) is 33.6 Å². The fourth-order valence-electron chi connectivity index (χ4n) is 2.27. The molecule has 1 aromatic heterocycles. The lowest BCUT2D eigenvalue weighted by molar-refractivity contribution is -0.129. The number of aromatic nitrogens is 1. The van der Waals surface area contributed by atoms with Gasteiger partial charge in [0, 0.05) is 19.2 Å². The van der Waals surface area contributed by atoms with Gasteiger partial charge in [-0.3, -0.25) is 4.79 Å². The summed E-state index contributed by atoms with van der Waals surface area (Å²) in [7, 11) is 1.85. The van der Waals surface area contributed by atoms with E-state index in [2.05, 4.69) is 18.8 Å². The molecule has 0 saturated carbocycles. The zero-order chi connectivity index (χ0) is 16.1. The summed E-state index contributed by atoms with van der Waals surface area (Å²) in [5.74, 6) is 1.87. The van der Waals surface area contributed by atoms with Crippen molar-refractivity contribution >= 4 is 5.91 Å². The SMILES string of the molecule is CC[C@@H](C)CN(C)C(=O)Cc1nc(-c2ccccc2)oc1C. The topological polar surface area (TPSA) is 46.3 Å². The van der Waals surface area contributed by atoms with Gasteiger partial charge >= 0.3 is 0 Å². The molecular formula is C18H24N2O2. The van der Waals surface area contributed by atoms with E-state index in [0.29, 0.717) is 17.6 Å². The van der Waals surface area contributed by atoms with Gasteiger partial charge in [0.05, 0.1) is 12.1 Å². The van der Waals surface area contributed by atoms with E-state index in [9.17, 15) is 4.79 Å². The molecular weight excluding hydrogens is 276 g/mol. The van der Waals surface area contributed by atoms with Crippen LogP contribution in [-0.4, -0.2) is 29.4 Å². The van der Waals surface area contributed by atoms with Gasteiger partial charge in [0.1, 0.15) is 5.76 Å². The first-order chi connectivity index (χ1) is 10.5. The second-order valence-electron chi connectivity index (χ2n) is 5.85. The quantitative estimate of drug-likeness (QED) is 0.817. The third-order valence-electron chi connectivity index (χ3n) is 3.94. The zero-order valence-electron chi connectivity index (χ0n) is 13.8. The molecule has 1 atom stereocenters. The van der Waals surface area contributed by atoms with Crippen LogP contribution in [0.2, 0.25) is 0 Å². The number of hydrogen-bond acceptors (Lipinski definition) is 3. The van der Waals surface area contributed by atoms with Gasteiger partial charge in [-0.15, -0.1) is 0 Å². The standard InChI is InChI=1S/C18H24N2O2/c1-5-13(2)12-20(4)17(21)11-16-14(3)22-18(19-16)15-9-7-6-8-10-15/h6-10,13H,5,11-12H2,1-4H3/t13-/m1/s1. The lowest BCUT2D eigenvalue weighted by Crippen LogP contribution is -2.32. The van der Waals surface area contributed by atoms with Gasteiger partial charge in [-0.1, -0.05) is 38.5 Å². The van der Waals surface area contributed by atoms with Gasteiger partial charge in [0.2, 0.25) is 11.8 Å². The van der Waals surface area contributed by atoms with Crippen LogP contribution in [0, 0.1) is 12.8 Å². The molecule has 1 amide bonds. The molecule has 22 heavy (non-hydrogen) atoms. The molecule has 118 valence electrons. The molecule has 0 saturated heterocycles. The Labute approximate surface area is 132 Å². The van der Waals surface area contributed by atoms with Gasteiger partial charge in [0.25, 0.3) is 0 Å². The lowest BCUT2D eigenvalue weighted by atomic mass is 10.1. The third-order valence-corrected chi connectivity index (χ3v) is 3.94. The number of likely N-dealkylation sites (N-methyl/N-ethyl adjacent to an activating group) is 1. The minimum atomic E-state index is 0.0799. The van der Waals surface area contributed by atoms with Crippen molar-refractivity contribution in [3.8, 4) is 11.5 Å². The predicted octanol–water partition coefficient (Wildman–Crippen LogP) is 3.70. The Morgan fingerprint density at radius 2 is 2.00 bits per heavy atom. The van der Waals surface area contributed by atoms with Crippen molar-refractivity contribution < 1.29 is 9.21 Å². The normalized spacial score (nSPS) is 12.2. The number of amides is 1. The first-order valence-electron chi connectivity index (χ1n) is 7.77. The fourth-order valence-corrected chi connectivity index (χ4v) is 2.27. The fraction of sp³-hybridized carbons (Fsp3) is 0.444. The highest BCUT2D eigenvalue weighted by Gasteiger charge is 2.17. The number of rotatable bonds is 6. The monoisotopic (exact) mass is 300 g/mol. The molecule has 0 unspecified atom stereocenters. The highest BCUT2D eigenvalue weighted by molar-refractivity contribution is 5.78. The molecule has 2 aromatic rings. The summed E-state index contributed by atoms with van der Waals surface area (Å²) in [5.41, 5.74) is 1.65. The summed E-state index contributed by atoms with van der Waals surface area (Å²) in [6.45, 7) is 6.92. The van der Waals surface area contributed by atoms with E-state index in [1.165, 1.54) is 0 Å². The molecule has 4 heteroatoms. The number of benzene rings is 1. The molecule has 0 aliphatic rings. The van der Waals surface area contributed by atoms with Crippen LogP contribution in [0.15, 0.2) is 34.7 Å². The Morgan fingerprint density at radius 3 is 2.64 bits per heavy atom. The van der Waals surface area contributed by atoms with E-state index in [0.717, 1.165) is 24.2 Å². The minimum Gasteiger partial charge on any atom is -0.441 e. The maximum Gasteiger partial charge on any atom is 0.228 e. The summed E-state index contributed by atoms with van der Waals surface area (Å²) in [6, 6.07) is 9.74. The van der Waals surface area contributed by atoms with Gasteiger partial charge < -0.3 is 9.32 Å². The van der Waals surface area contributed by atoms with Crippen molar-refractivity contribution in [3.05, 3.63) is 41.8 Å². The van der Waals surface area contributed by atoms with E-state index in [1.807, 2.05) is 44.3 Å². The lowest BCUT2D eigenvalue weighted by Gasteiger charge is -2.20. The number of nitrogens with zero attached hydrogens (tertiary/aromatic N) is 2. The largest absolute Gasteiger partial charge is 0.441 e. The first-order valence-corrected chi connectivity index (χ1v) is 7.77. The molecule has 0 radical (unpaired) electrons. The summed E-state index contributed by atoms with van der Waals surface area (Å²) in [4.78, 5) is 18.6. The average molecular weight is 300 g/mol. The molecule has 0 aliphatic heterocycles. The van der Waals surface area contributed by atoms with E-state index in [1.54, 1.807) is 4.90 Å². The van der Waals surface area contributed by atoms with Crippen LogP contribution >= 0.6 is 0 Å². The van der Waals surface area contributed by atoms with Crippen LogP contribution in [0.3, 0.4) is 0 Å². The van der Waals surface area contributed by atoms with E-state index in [4.69, 9.17) is 4.42 Å². The second kappa shape index (κ2) is 7.25. The highest BCUT2D eigenvalue weighted by atomic mass is 16.4. The van der Waals surface area contributed by atoms with Crippen LogP contribution in [0.5, 0.6) is 0 Å². The van der Waals surface area contributed by atoms with Crippen molar-refractivity contribution in [1.82, 2.24) is 9.88 Å². The van der Waals surface area contributed by atoms with Crippen LogP contribution in [-0.2, 0) is 11.2 Å². The van der Waals surface area contributed by atoms with E-state index >= 15 is 0 Å². The summed E-state index contributed by atoms with van der Waals surface area (Å²) >= 11 is 0. The summed E-state index contributed by atoms with van der Waals surface area (Å²) in [6.07, 6.45) is 1.36. The zero-order valence-corrected chi connectivity index (χ0v) is 13.8. The Hall–Kier alpha value is -2.10. The van der Waals surface area contributed by atoms with Crippen molar-refractivity contribution in [2.75, 3.05) is 13.6 Å². The van der Waals surface area contributed by atoms with Gasteiger partial charge in [-0.05, 0) is 25.0 Å². The Morgan fingerprint density at radius 1 is 1.32 bits per heavy atom. The number of oxazole rings is 1. The number of carbonyl (C=O) groups excluding carboxylic acids is 1. The number of hydrogen-bond donors (Lipinski definition) is 0. The van der Waals surface area contributed by atoms with Crippen molar-refractivity contribution in [1.29, 1.82) is 0 Å². The Bertz CT molecular complexity index is 619. The van der Waals surface area contributed by atoms with Crippen LogP contribution in [0.25, 0.3) is 11.5 Å². The molecule has 0 bridgehead atoms. The van der Waals surface area contributed by atoms with Gasteiger partial charge in [-0.2, -0.15) is 0 Å². The Kier molecular flexibility index (Phi) is 5.36. The molecule has 0 N–H and O–H groups in total. The Balaban J connectivity index is 2.07. The first kappa shape index (κ1) is 16.3. The molecule has 2 rings (SSSR count). The van der Waals surface area contributed by atoms with Crippen LogP contribution in [0.4, 0.5) is 0 Å². The average Bonchev–Trinajstić information content (AvgIpc) is 2.89. The number of carbonyl (C=O) groups is 1. The van der Waals surface area contributed by atoms with Crippen LogP contribution < -0.4 is 0 Å². The highest BCUT2D eigenvalue weighted by Crippen LogP contribution is 2.22. The molecule has 0 fully saturated rings.